The molecule has 0 bridgehead atoms. The summed E-state index contributed by atoms with van der Waals surface area (Å²) in [5.74, 6) is 4.29. The van der Waals surface area contributed by atoms with Crippen molar-refractivity contribution in [3.63, 3.8) is 0 Å². The van der Waals surface area contributed by atoms with Gasteiger partial charge in [-0.1, -0.05) is 75.6 Å². The molecule has 0 saturated carbocycles. The van der Waals surface area contributed by atoms with Crippen LogP contribution >= 0.6 is 0 Å². The van der Waals surface area contributed by atoms with E-state index < -0.39 is 0 Å². The van der Waals surface area contributed by atoms with Crippen LogP contribution in [0.2, 0.25) is 0 Å². The van der Waals surface area contributed by atoms with Crippen LogP contribution in [-0.2, 0) is 19.6 Å². The van der Waals surface area contributed by atoms with Crippen LogP contribution in [0, 0.1) is 0 Å². The van der Waals surface area contributed by atoms with Crippen LogP contribution in [0.15, 0.2) is 72.9 Å². The summed E-state index contributed by atoms with van der Waals surface area (Å²) in [6, 6.07) is 23.3. The average molecular weight is 554 g/mol. The second-order valence-corrected chi connectivity index (χ2v) is 10.8. The number of rotatable bonds is 13. The fourth-order valence-electron chi connectivity index (χ4n) is 5.76. The molecular formula is C34H39N3O4. The predicted molar refractivity (Wildman–Crippen MR) is 159 cm³/mol. The van der Waals surface area contributed by atoms with Gasteiger partial charge in [-0.3, -0.25) is 4.90 Å². The van der Waals surface area contributed by atoms with Crippen molar-refractivity contribution in [3.05, 3.63) is 89.7 Å². The van der Waals surface area contributed by atoms with E-state index in [9.17, 15) is 0 Å². The maximum atomic E-state index is 5.73. The number of ether oxygens (including phenoxy) is 4. The van der Waals surface area contributed by atoms with Gasteiger partial charge in [-0.25, -0.2) is 4.98 Å². The minimum atomic E-state index is 0.174. The van der Waals surface area contributed by atoms with Crippen molar-refractivity contribution in [1.29, 1.82) is 0 Å². The summed E-state index contributed by atoms with van der Waals surface area (Å²) in [5, 5.41) is 0. The molecule has 7 heteroatoms. The first kappa shape index (κ1) is 27.2. The van der Waals surface area contributed by atoms with Crippen molar-refractivity contribution >= 4 is 0 Å². The summed E-state index contributed by atoms with van der Waals surface area (Å²) in [4.78, 5) is 7.60. The van der Waals surface area contributed by atoms with E-state index in [1.54, 1.807) is 0 Å². The van der Waals surface area contributed by atoms with Gasteiger partial charge in [0.25, 0.3) is 0 Å². The highest BCUT2D eigenvalue weighted by molar-refractivity contribution is 5.56. The van der Waals surface area contributed by atoms with E-state index in [0.29, 0.717) is 0 Å². The fourth-order valence-corrected chi connectivity index (χ4v) is 5.76. The van der Waals surface area contributed by atoms with Gasteiger partial charge < -0.3 is 23.5 Å². The minimum absolute atomic E-state index is 0.174. The topological polar surface area (TPSA) is 58.0 Å². The van der Waals surface area contributed by atoms with Gasteiger partial charge in [0.05, 0.1) is 17.9 Å². The first-order chi connectivity index (χ1) is 20.2. The number of imidazole rings is 1. The maximum absolute atomic E-state index is 5.73. The van der Waals surface area contributed by atoms with E-state index in [1.807, 2.05) is 12.1 Å². The molecule has 0 fully saturated rings. The van der Waals surface area contributed by atoms with Crippen molar-refractivity contribution in [1.82, 2.24) is 14.5 Å². The van der Waals surface area contributed by atoms with Gasteiger partial charge >= 0.3 is 0 Å². The monoisotopic (exact) mass is 553 g/mol. The van der Waals surface area contributed by atoms with Crippen molar-refractivity contribution in [2.24, 2.45) is 0 Å². The second-order valence-electron chi connectivity index (χ2n) is 10.8. The van der Waals surface area contributed by atoms with Gasteiger partial charge in [-0.15, -0.1) is 0 Å². The molecular weight excluding hydrogens is 514 g/mol. The zero-order valence-electron chi connectivity index (χ0n) is 24.1. The second kappa shape index (κ2) is 12.7. The lowest BCUT2D eigenvalue weighted by Gasteiger charge is -2.33. The molecule has 2 aliphatic heterocycles. The number of unbranched alkanes of at least 4 members (excludes halogenated alkanes) is 2. The normalized spacial score (nSPS) is 14.1. The number of hydrogen-bond acceptors (Lipinski definition) is 6. The fraction of sp³-hybridized carbons (Fsp3) is 0.382. The average Bonchev–Trinajstić information content (AvgIpc) is 3.76. The van der Waals surface area contributed by atoms with E-state index in [0.717, 1.165) is 86.1 Å². The Morgan fingerprint density at radius 1 is 0.756 bits per heavy atom. The van der Waals surface area contributed by atoms with E-state index in [1.165, 1.54) is 16.8 Å². The summed E-state index contributed by atoms with van der Waals surface area (Å²) in [5.41, 5.74) is 4.81. The summed E-state index contributed by atoms with van der Waals surface area (Å²) in [7, 11) is 0. The number of nitrogens with zero attached hydrogens (tertiary/aromatic N) is 3. The van der Waals surface area contributed by atoms with E-state index in [4.69, 9.17) is 23.9 Å². The smallest absolute Gasteiger partial charge is 0.231 e. The molecule has 1 aromatic heterocycles. The predicted octanol–water partition coefficient (Wildman–Crippen LogP) is 7.74. The van der Waals surface area contributed by atoms with Crippen LogP contribution in [0.1, 0.15) is 68.8 Å². The van der Waals surface area contributed by atoms with Gasteiger partial charge in [0.1, 0.15) is 5.82 Å². The third kappa shape index (κ3) is 6.05. The molecule has 214 valence electrons. The van der Waals surface area contributed by atoms with Gasteiger partial charge in [-0.05, 0) is 48.2 Å². The SMILES string of the molecule is CCCCC(c1cnc(-c2ccccc2)n1CCCC)N(Cc1ccc2c(c1)OCO2)Cc1ccc2c(c1)OCO2. The maximum Gasteiger partial charge on any atom is 0.231 e. The minimum Gasteiger partial charge on any atom is -0.454 e. The standard InChI is InChI=1S/C34H39N3O4/c1-3-5-12-28(29-20-35-34(37(29)17-6-4-2)27-10-8-7-9-11-27)36(21-25-13-15-30-32(18-25)40-23-38-30)22-26-14-16-31-33(19-26)41-24-39-31/h7-11,13-16,18-20,28H,3-6,12,17,21-24H2,1-2H3. The molecule has 1 unspecified atom stereocenters. The molecule has 6 rings (SSSR count). The molecule has 0 saturated heterocycles. The number of aromatic nitrogens is 2. The lowest BCUT2D eigenvalue weighted by molar-refractivity contribution is 0.159. The first-order valence-corrected chi connectivity index (χ1v) is 14.9. The third-order valence-electron chi connectivity index (χ3n) is 7.91. The van der Waals surface area contributed by atoms with Crippen molar-refractivity contribution in [2.45, 2.75) is 71.6 Å². The molecule has 0 aliphatic carbocycles. The van der Waals surface area contributed by atoms with Gasteiger partial charge in [0.2, 0.25) is 13.6 Å². The molecule has 41 heavy (non-hydrogen) atoms. The Hall–Kier alpha value is -3.97. The molecule has 4 aromatic rings. The Balaban J connectivity index is 1.40. The highest BCUT2D eigenvalue weighted by Gasteiger charge is 2.27. The van der Waals surface area contributed by atoms with Gasteiger partial charge in [-0.2, -0.15) is 0 Å². The third-order valence-corrected chi connectivity index (χ3v) is 7.91. The zero-order valence-corrected chi connectivity index (χ0v) is 24.1. The molecule has 0 radical (unpaired) electrons. The Kier molecular flexibility index (Phi) is 8.42. The first-order valence-electron chi connectivity index (χ1n) is 14.9. The molecule has 2 aliphatic rings. The van der Waals surface area contributed by atoms with Crippen molar-refractivity contribution in [2.75, 3.05) is 13.6 Å². The summed E-state index contributed by atoms with van der Waals surface area (Å²) >= 11 is 0. The molecule has 7 nitrogen and oxygen atoms in total. The largest absolute Gasteiger partial charge is 0.454 e. The highest BCUT2D eigenvalue weighted by atomic mass is 16.7. The number of hydrogen-bond donors (Lipinski definition) is 0. The molecule has 0 amide bonds. The van der Waals surface area contributed by atoms with Crippen LogP contribution in [0.5, 0.6) is 23.0 Å². The summed E-state index contributed by atoms with van der Waals surface area (Å²) < 4.78 is 25.1. The lowest BCUT2D eigenvalue weighted by Crippen LogP contribution is -2.30. The number of fused-ring (bicyclic) bond motifs is 2. The number of benzene rings is 3. The Morgan fingerprint density at radius 3 is 1.98 bits per heavy atom. The van der Waals surface area contributed by atoms with Crippen LogP contribution in [0.4, 0.5) is 0 Å². The van der Waals surface area contributed by atoms with Crippen LogP contribution in [-0.4, -0.2) is 28.0 Å². The highest BCUT2D eigenvalue weighted by Crippen LogP contribution is 2.38. The lowest BCUT2D eigenvalue weighted by atomic mass is 10.0. The Labute approximate surface area is 242 Å². The summed E-state index contributed by atoms with van der Waals surface area (Å²) in [6.07, 6.45) is 7.65. The molecule has 3 aromatic carbocycles. The Bertz CT molecular complexity index is 1390. The van der Waals surface area contributed by atoms with E-state index >= 15 is 0 Å². The van der Waals surface area contributed by atoms with Crippen LogP contribution < -0.4 is 18.9 Å². The van der Waals surface area contributed by atoms with Crippen LogP contribution in [0.25, 0.3) is 11.4 Å². The Morgan fingerprint density at radius 2 is 1.37 bits per heavy atom. The van der Waals surface area contributed by atoms with Gasteiger partial charge in [0.15, 0.2) is 23.0 Å². The van der Waals surface area contributed by atoms with E-state index in [2.05, 4.69) is 84.1 Å². The quantitative estimate of drug-likeness (QED) is 0.169. The van der Waals surface area contributed by atoms with Crippen LogP contribution in [0.3, 0.4) is 0 Å². The zero-order chi connectivity index (χ0) is 28.0. The molecule has 1 atom stereocenters. The molecule has 0 spiro atoms. The van der Waals surface area contributed by atoms with E-state index in [-0.39, 0.29) is 19.6 Å². The molecule has 3 heterocycles. The van der Waals surface area contributed by atoms with Crippen molar-refractivity contribution < 1.29 is 18.9 Å². The summed E-state index contributed by atoms with van der Waals surface area (Å²) in [6.45, 7) is 7.54. The molecule has 0 N–H and O–H groups in total. The van der Waals surface area contributed by atoms with Crippen molar-refractivity contribution in [3.8, 4) is 34.4 Å². The van der Waals surface area contributed by atoms with Gasteiger partial charge in [0, 0.05) is 25.2 Å².